The van der Waals surface area contributed by atoms with E-state index in [1.165, 1.54) is 0 Å². The molecule has 0 aliphatic carbocycles. The molecule has 6 nitrogen and oxygen atoms in total. The third-order valence-electron chi connectivity index (χ3n) is 4.95. The quantitative estimate of drug-likeness (QED) is 0.478. The number of nitrogens with one attached hydrogen (secondary N) is 2. The summed E-state index contributed by atoms with van der Waals surface area (Å²) in [5, 5.41) is 9.83. The van der Waals surface area contributed by atoms with Crippen molar-refractivity contribution in [2.45, 2.75) is 19.4 Å². The molecule has 0 bridgehead atoms. The maximum atomic E-state index is 12.8. The average Bonchev–Trinajstić information content (AvgIpc) is 3.09. The summed E-state index contributed by atoms with van der Waals surface area (Å²) in [6.07, 6.45) is 2.96. The number of amides is 2. The van der Waals surface area contributed by atoms with Crippen molar-refractivity contribution in [2.75, 3.05) is 6.54 Å². The molecule has 140 valence electrons. The number of rotatable bonds is 3. The van der Waals surface area contributed by atoms with Gasteiger partial charge in [0, 0.05) is 35.8 Å². The number of fused-ring (bicyclic) bond motifs is 2. The van der Waals surface area contributed by atoms with Gasteiger partial charge in [-0.2, -0.15) is 0 Å². The number of hydroxylamine groups is 1. The van der Waals surface area contributed by atoms with E-state index in [9.17, 15) is 9.59 Å². The van der Waals surface area contributed by atoms with Gasteiger partial charge in [-0.1, -0.05) is 24.3 Å². The second-order valence-electron chi connectivity index (χ2n) is 6.53. The summed E-state index contributed by atoms with van der Waals surface area (Å²) in [5.41, 5.74) is 6.19. The number of aromatic nitrogens is 1. The van der Waals surface area contributed by atoms with Gasteiger partial charge >= 0.3 is 0 Å². The van der Waals surface area contributed by atoms with Crippen molar-refractivity contribution in [1.82, 2.24) is 15.4 Å². The van der Waals surface area contributed by atoms with Crippen molar-refractivity contribution in [3.63, 3.8) is 0 Å². The van der Waals surface area contributed by atoms with Gasteiger partial charge in [0.2, 0.25) is 5.91 Å². The fourth-order valence-corrected chi connectivity index (χ4v) is 3.52. The van der Waals surface area contributed by atoms with Gasteiger partial charge in [0.1, 0.15) is 0 Å². The number of H-pyrrole nitrogens is 1. The first-order valence-corrected chi connectivity index (χ1v) is 8.54. The molecule has 0 spiro atoms. The Morgan fingerprint density at radius 3 is 2.78 bits per heavy atom. The third-order valence-corrected chi connectivity index (χ3v) is 4.95. The minimum Gasteiger partial charge on any atom is -0.361 e. The molecule has 0 atom stereocenters. The summed E-state index contributed by atoms with van der Waals surface area (Å²) in [4.78, 5) is 29.3. The first kappa shape index (κ1) is 18.9. The Labute approximate surface area is 162 Å². The number of carbonyl (C=O) groups is 2. The number of para-hydroxylation sites is 1. The van der Waals surface area contributed by atoms with E-state index in [0.717, 1.165) is 27.6 Å². The van der Waals surface area contributed by atoms with Crippen LogP contribution in [0.4, 0.5) is 0 Å². The molecule has 1 aliphatic rings. The number of halogens is 1. The van der Waals surface area contributed by atoms with Crippen molar-refractivity contribution in [3.05, 3.63) is 70.9 Å². The first-order valence-electron chi connectivity index (χ1n) is 8.54. The number of aromatic amines is 1. The van der Waals surface area contributed by atoms with Crippen LogP contribution in [0.15, 0.2) is 48.7 Å². The fraction of sp³-hybridized carbons (Fsp3) is 0.200. The number of benzene rings is 2. The maximum absolute atomic E-state index is 12.8. The highest BCUT2D eigenvalue weighted by Crippen LogP contribution is 2.23. The molecule has 4 rings (SSSR count). The summed E-state index contributed by atoms with van der Waals surface area (Å²) >= 11 is 0. The highest BCUT2D eigenvalue weighted by molar-refractivity contribution is 5.93. The van der Waals surface area contributed by atoms with Gasteiger partial charge in [-0.15, -0.1) is 12.4 Å². The zero-order valence-electron chi connectivity index (χ0n) is 14.6. The van der Waals surface area contributed by atoms with Crippen molar-refractivity contribution < 1.29 is 14.8 Å². The maximum Gasteiger partial charge on any atom is 0.274 e. The Bertz CT molecular complexity index is 999. The standard InChI is InChI=1S/C20H19N3O3.ClH/c24-19(10-16-11-21-18-4-2-1-3-17(16)18)23-8-7-13-9-14(20(25)22-26)5-6-15(13)12-23;/h1-6,9,11,21,26H,7-8,10,12H2,(H,22,25);1H. The molecule has 0 radical (unpaired) electrons. The minimum absolute atomic E-state index is 0. The molecule has 0 fully saturated rings. The van der Waals surface area contributed by atoms with E-state index in [1.807, 2.05) is 41.4 Å². The molecule has 1 aliphatic heterocycles. The van der Waals surface area contributed by atoms with Crippen LogP contribution in [0.5, 0.6) is 0 Å². The lowest BCUT2D eigenvalue weighted by Gasteiger charge is -2.29. The summed E-state index contributed by atoms with van der Waals surface area (Å²) < 4.78 is 0. The molecule has 27 heavy (non-hydrogen) atoms. The van der Waals surface area contributed by atoms with Crippen molar-refractivity contribution >= 4 is 35.1 Å². The molecule has 0 unspecified atom stereocenters. The van der Waals surface area contributed by atoms with Crippen LogP contribution < -0.4 is 5.48 Å². The van der Waals surface area contributed by atoms with Crippen LogP contribution in [-0.4, -0.2) is 33.5 Å². The number of nitrogens with zero attached hydrogens (tertiary/aromatic N) is 1. The number of hydrogen-bond acceptors (Lipinski definition) is 3. The monoisotopic (exact) mass is 385 g/mol. The lowest BCUT2D eigenvalue weighted by atomic mass is 9.96. The highest BCUT2D eigenvalue weighted by atomic mass is 35.5. The Morgan fingerprint density at radius 1 is 1.15 bits per heavy atom. The van der Waals surface area contributed by atoms with E-state index < -0.39 is 5.91 Å². The largest absolute Gasteiger partial charge is 0.361 e. The average molecular weight is 386 g/mol. The molecule has 1 aromatic heterocycles. The molecule has 0 saturated carbocycles. The summed E-state index contributed by atoms with van der Waals surface area (Å²) in [7, 11) is 0. The van der Waals surface area contributed by atoms with Gasteiger partial charge in [0.25, 0.3) is 5.91 Å². The van der Waals surface area contributed by atoms with Crippen molar-refractivity contribution in [2.24, 2.45) is 0 Å². The van der Waals surface area contributed by atoms with E-state index in [4.69, 9.17) is 5.21 Å². The van der Waals surface area contributed by atoms with Gasteiger partial charge < -0.3 is 9.88 Å². The van der Waals surface area contributed by atoms with Crippen molar-refractivity contribution in [3.8, 4) is 0 Å². The van der Waals surface area contributed by atoms with Gasteiger partial charge in [-0.05, 0) is 41.3 Å². The summed E-state index contributed by atoms with van der Waals surface area (Å²) in [5.74, 6) is -0.428. The summed E-state index contributed by atoms with van der Waals surface area (Å²) in [6, 6.07) is 13.3. The number of hydrogen-bond donors (Lipinski definition) is 3. The van der Waals surface area contributed by atoms with E-state index >= 15 is 0 Å². The molecule has 2 amide bonds. The third kappa shape index (κ3) is 3.67. The van der Waals surface area contributed by atoms with Crippen LogP contribution >= 0.6 is 12.4 Å². The molecule has 2 aromatic carbocycles. The van der Waals surface area contributed by atoms with Gasteiger partial charge in [0.05, 0.1) is 6.42 Å². The molecule has 0 saturated heterocycles. The predicted octanol–water partition coefficient (Wildman–Crippen LogP) is 2.84. The number of carbonyl (C=O) groups excluding carboxylic acids is 2. The first-order chi connectivity index (χ1) is 12.7. The van der Waals surface area contributed by atoms with Crippen LogP contribution in [0, 0.1) is 0 Å². The Hall–Kier alpha value is -2.83. The molecule has 3 aromatic rings. The van der Waals surface area contributed by atoms with Crippen LogP contribution in [0.3, 0.4) is 0 Å². The molecule has 7 heteroatoms. The van der Waals surface area contributed by atoms with E-state index in [0.29, 0.717) is 31.5 Å². The van der Waals surface area contributed by atoms with E-state index in [1.54, 1.807) is 17.6 Å². The lowest BCUT2D eigenvalue weighted by molar-refractivity contribution is -0.131. The van der Waals surface area contributed by atoms with E-state index in [2.05, 4.69) is 4.98 Å². The summed E-state index contributed by atoms with van der Waals surface area (Å²) in [6.45, 7) is 1.16. The van der Waals surface area contributed by atoms with Crippen LogP contribution in [0.25, 0.3) is 10.9 Å². The second kappa shape index (κ2) is 7.82. The van der Waals surface area contributed by atoms with Crippen LogP contribution in [0.1, 0.15) is 27.0 Å². The molecular weight excluding hydrogens is 366 g/mol. The highest BCUT2D eigenvalue weighted by Gasteiger charge is 2.22. The van der Waals surface area contributed by atoms with Crippen molar-refractivity contribution in [1.29, 1.82) is 0 Å². The van der Waals surface area contributed by atoms with E-state index in [-0.39, 0.29) is 18.3 Å². The second-order valence-corrected chi connectivity index (χ2v) is 6.53. The fourth-order valence-electron chi connectivity index (χ4n) is 3.52. The van der Waals surface area contributed by atoms with Crippen LogP contribution in [-0.2, 0) is 24.2 Å². The Morgan fingerprint density at radius 2 is 1.96 bits per heavy atom. The smallest absolute Gasteiger partial charge is 0.274 e. The zero-order valence-corrected chi connectivity index (χ0v) is 15.4. The van der Waals surface area contributed by atoms with Gasteiger partial charge in [0.15, 0.2) is 0 Å². The molecule has 2 heterocycles. The normalized spacial score (nSPS) is 13.0. The minimum atomic E-state index is -0.523. The van der Waals surface area contributed by atoms with Gasteiger partial charge in [-0.25, -0.2) is 5.48 Å². The van der Waals surface area contributed by atoms with Crippen LogP contribution in [0.2, 0.25) is 0 Å². The molecular formula is C20H20ClN3O3. The predicted molar refractivity (Wildman–Crippen MR) is 104 cm³/mol. The molecule has 3 N–H and O–H groups in total. The zero-order chi connectivity index (χ0) is 18.1. The Balaban J connectivity index is 0.00000210. The lowest BCUT2D eigenvalue weighted by Crippen LogP contribution is -2.37. The SMILES string of the molecule is Cl.O=C(NO)c1ccc2c(c1)CCN(C(=O)Cc1c[nH]c3ccccc13)C2. The Kier molecular flexibility index (Phi) is 5.48. The topological polar surface area (TPSA) is 85.4 Å². The van der Waals surface area contributed by atoms with Gasteiger partial charge in [-0.3, -0.25) is 14.8 Å².